The van der Waals surface area contributed by atoms with Gasteiger partial charge in [-0.15, -0.1) is 35.9 Å². The molecule has 2 heterocycles. The number of benzene rings is 1. The fraction of sp³-hybridized carbons (Fsp3) is 0.0588. The fourth-order valence-electron chi connectivity index (χ4n) is 1.45. The molecule has 21 heavy (non-hydrogen) atoms. The maximum Gasteiger partial charge on any atom is 0.0479 e. The van der Waals surface area contributed by atoms with Crippen molar-refractivity contribution in [2.45, 2.75) is 6.92 Å². The first-order chi connectivity index (χ1) is 9.36. The molecule has 0 aliphatic carbocycles. The molecular weight excluding hydrogens is 438 g/mol. The molecule has 1 radical (unpaired) electrons. The van der Waals surface area contributed by atoms with E-state index in [4.69, 9.17) is 0 Å². The van der Waals surface area contributed by atoms with Crippen LogP contribution in [-0.4, -0.2) is 15.2 Å². The molecule has 0 N–H and O–H groups in total. The zero-order valence-corrected chi connectivity index (χ0v) is 14.4. The van der Waals surface area contributed by atoms with Crippen molar-refractivity contribution in [3.05, 3.63) is 86.2 Å². The van der Waals surface area contributed by atoms with E-state index in [0.717, 1.165) is 17.0 Å². The SMILES string of the molecule is Cc1ccccn1.[CH3-].[Ir].[c-]1ccccc1-c1cccnn1. The second-order valence-electron chi connectivity index (χ2n) is 3.86. The van der Waals surface area contributed by atoms with E-state index in [1.54, 1.807) is 12.4 Å². The van der Waals surface area contributed by atoms with Crippen LogP contribution in [0.1, 0.15) is 5.69 Å². The molecule has 0 unspecified atom stereocenters. The largest absolute Gasteiger partial charge is 0.358 e. The predicted octanol–water partition coefficient (Wildman–Crippen LogP) is 3.78. The molecule has 111 valence electrons. The van der Waals surface area contributed by atoms with Crippen LogP contribution < -0.4 is 0 Å². The summed E-state index contributed by atoms with van der Waals surface area (Å²) < 4.78 is 0. The molecule has 0 atom stereocenters. The van der Waals surface area contributed by atoms with Gasteiger partial charge in [-0.3, -0.25) is 4.98 Å². The van der Waals surface area contributed by atoms with Crippen molar-refractivity contribution in [1.82, 2.24) is 15.2 Å². The van der Waals surface area contributed by atoms with Crippen molar-refractivity contribution in [2.75, 3.05) is 0 Å². The van der Waals surface area contributed by atoms with Crippen LogP contribution in [0.25, 0.3) is 11.3 Å². The molecule has 0 saturated heterocycles. The summed E-state index contributed by atoms with van der Waals surface area (Å²) in [7, 11) is 0. The first kappa shape index (κ1) is 19.1. The van der Waals surface area contributed by atoms with Crippen molar-refractivity contribution in [2.24, 2.45) is 0 Å². The topological polar surface area (TPSA) is 38.7 Å². The Balaban J connectivity index is 0.000000389. The first-order valence-electron chi connectivity index (χ1n) is 5.98. The monoisotopic (exact) mass is 456 g/mol. The van der Waals surface area contributed by atoms with Gasteiger partial charge in [0.25, 0.3) is 0 Å². The standard InChI is InChI=1S/C10H7N2.C6H7N.CH3.Ir/c1-2-5-9(6-3-1)10-7-4-8-11-12-10;1-6-4-2-3-5-7-6;;/h1-5,7-8H;2-5H,1H3;1H3;/q-1;;-1;. The number of pyridine rings is 1. The van der Waals surface area contributed by atoms with Gasteiger partial charge in [-0.25, -0.2) is 5.10 Å². The van der Waals surface area contributed by atoms with Gasteiger partial charge in [0.05, 0.1) is 0 Å². The molecule has 0 fully saturated rings. The zero-order valence-electron chi connectivity index (χ0n) is 12.0. The van der Waals surface area contributed by atoms with Crippen LogP contribution in [0.15, 0.2) is 67.0 Å². The number of nitrogens with zero attached hydrogens (tertiary/aromatic N) is 3. The van der Waals surface area contributed by atoms with Gasteiger partial charge in [-0.05, 0) is 25.1 Å². The Bertz CT molecular complexity index is 549. The van der Waals surface area contributed by atoms with E-state index in [-0.39, 0.29) is 27.5 Å². The summed E-state index contributed by atoms with van der Waals surface area (Å²) >= 11 is 0. The molecule has 0 amide bonds. The molecule has 3 rings (SSSR count). The van der Waals surface area contributed by atoms with Crippen LogP contribution in [-0.2, 0) is 20.1 Å². The van der Waals surface area contributed by atoms with E-state index in [1.807, 2.05) is 61.5 Å². The van der Waals surface area contributed by atoms with Gasteiger partial charge >= 0.3 is 0 Å². The van der Waals surface area contributed by atoms with Gasteiger partial charge in [0.2, 0.25) is 0 Å². The third kappa shape index (κ3) is 6.89. The summed E-state index contributed by atoms with van der Waals surface area (Å²) in [5.74, 6) is 0. The molecule has 2 aromatic heterocycles. The van der Waals surface area contributed by atoms with Crippen molar-refractivity contribution in [1.29, 1.82) is 0 Å². The normalized spacial score (nSPS) is 8.43. The Morgan fingerprint density at radius 3 is 2.19 bits per heavy atom. The Kier molecular flexibility index (Phi) is 9.86. The average molecular weight is 456 g/mol. The maximum absolute atomic E-state index is 3.98. The Morgan fingerprint density at radius 1 is 0.905 bits per heavy atom. The van der Waals surface area contributed by atoms with Crippen molar-refractivity contribution >= 4 is 0 Å². The number of hydrogen-bond donors (Lipinski definition) is 0. The molecule has 0 spiro atoms. The van der Waals surface area contributed by atoms with Gasteiger partial charge in [0.1, 0.15) is 0 Å². The van der Waals surface area contributed by atoms with E-state index in [1.165, 1.54) is 0 Å². The Morgan fingerprint density at radius 2 is 1.71 bits per heavy atom. The molecule has 4 heteroatoms. The summed E-state index contributed by atoms with van der Waals surface area (Å²) in [6.45, 7) is 1.97. The van der Waals surface area contributed by atoms with Crippen molar-refractivity contribution < 1.29 is 20.1 Å². The molecule has 0 aliphatic rings. The molecule has 3 aromatic rings. The van der Waals surface area contributed by atoms with Crippen LogP contribution >= 0.6 is 0 Å². The predicted molar refractivity (Wildman–Crippen MR) is 81.7 cm³/mol. The van der Waals surface area contributed by atoms with Gasteiger partial charge in [0.15, 0.2) is 0 Å². The van der Waals surface area contributed by atoms with E-state index in [0.29, 0.717) is 0 Å². The molecular formula is C17H17IrN3-2. The minimum Gasteiger partial charge on any atom is -0.358 e. The third-order valence-corrected chi connectivity index (χ3v) is 2.37. The quantitative estimate of drug-likeness (QED) is 0.524. The summed E-state index contributed by atoms with van der Waals surface area (Å²) in [5, 5.41) is 7.76. The molecule has 3 nitrogen and oxygen atoms in total. The summed E-state index contributed by atoms with van der Waals surface area (Å²) in [6, 6.07) is 20.4. The van der Waals surface area contributed by atoms with Crippen molar-refractivity contribution in [3.8, 4) is 11.3 Å². The summed E-state index contributed by atoms with van der Waals surface area (Å²) in [4.78, 5) is 3.98. The van der Waals surface area contributed by atoms with Gasteiger partial charge in [0, 0.05) is 43.9 Å². The minimum atomic E-state index is 0. The molecule has 0 bridgehead atoms. The van der Waals surface area contributed by atoms with Crippen LogP contribution in [0.5, 0.6) is 0 Å². The first-order valence-corrected chi connectivity index (χ1v) is 5.98. The molecule has 0 aliphatic heterocycles. The van der Waals surface area contributed by atoms with Crippen LogP contribution in [0.2, 0.25) is 0 Å². The third-order valence-electron chi connectivity index (χ3n) is 2.37. The second kappa shape index (κ2) is 10.8. The van der Waals surface area contributed by atoms with Crippen LogP contribution in [0.3, 0.4) is 0 Å². The number of rotatable bonds is 1. The molecule has 1 aromatic carbocycles. The van der Waals surface area contributed by atoms with Crippen LogP contribution in [0, 0.1) is 20.4 Å². The van der Waals surface area contributed by atoms with Gasteiger partial charge in [-0.2, -0.15) is 5.10 Å². The summed E-state index contributed by atoms with van der Waals surface area (Å²) in [6.07, 6.45) is 3.45. The summed E-state index contributed by atoms with van der Waals surface area (Å²) in [5.41, 5.74) is 2.91. The molecule has 0 saturated carbocycles. The van der Waals surface area contributed by atoms with E-state index >= 15 is 0 Å². The van der Waals surface area contributed by atoms with Crippen molar-refractivity contribution in [3.63, 3.8) is 0 Å². The Labute approximate surface area is 139 Å². The van der Waals surface area contributed by atoms with Crippen LogP contribution in [0.4, 0.5) is 0 Å². The van der Waals surface area contributed by atoms with E-state index < -0.39 is 0 Å². The number of aryl methyl sites for hydroxylation is 1. The maximum atomic E-state index is 3.98. The Hall–Kier alpha value is -1.90. The zero-order chi connectivity index (χ0) is 13.3. The van der Waals surface area contributed by atoms with Gasteiger partial charge < -0.3 is 7.43 Å². The minimum absolute atomic E-state index is 0. The van der Waals surface area contributed by atoms with E-state index in [9.17, 15) is 0 Å². The average Bonchev–Trinajstić information content (AvgIpc) is 2.51. The number of hydrogen-bond acceptors (Lipinski definition) is 3. The fourth-order valence-corrected chi connectivity index (χ4v) is 1.45. The van der Waals surface area contributed by atoms with Gasteiger partial charge in [-0.1, -0.05) is 12.1 Å². The second-order valence-corrected chi connectivity index (χ2v) is 3.86. The smallest absolute Gasteiger partial charge is 0.0479 e. The number of aromatic nitrogens is 3. The van der Waals surface area contributed by atoms with E-state index in [2.05, 4.69) is 21.2 Å².